The van der Waals surface area contributed by atoms with E-state index in [0.29, 0.717) is 17.3 Å². The summed E-state index contributed by atoms with van der Waals surface area (Å²) in [4.78, 5) is 10.9. The van der Waals surface area contributed by atoms with Gasteiger partial charge in [0.15, 0.2) is 11.6 Å². The number of aryl methyl sites for hydroxylation is 3. The van der Waals surface area contributed by atoms with Crippen LogP contribution in [0.1, 0.15) is 23.6 Å². The maximum Gasteiger partial charge on any atom is 0.161 e. The smallest absolute Gasteiger partial charge is 0.161 e. The fraction of sp³-hybridized carbons (Fsp3) is 0.238. The Kier molecular flexibility index (Phi) is 5.07. The molecule has 5 nitrogen and oxygen atoms in total. The summed E-state index contributed by atoms with van der Waals surface area (Å²) in [7, 11) is 0. The Morgan fingerprint density at radius 3 is 2.50 bits per heavy atom. The number of nitrogens with zero attached hydrogens (tertiary/aromatic N) is 3. The molecule has 26 heavy (non-hydrogen) atoms. The van der Waals surface area contributed by atoms with Crippen molar-refractivity contribution in [3.8, 4) is 0 Å². The Labute approximate surface area is 154 Å². The number of hydrogen-bond acceptors (Lipinski definition) is 5. The van der Waals surface area contributed by atoms with Crippen LogP contribution in [0.4, 0.5) is 28.7 Å². The maximum absolute atomic E-state index is 6.42. The van der Waals surface area contributed by atoms with Crippen LogP contribution in [0.3, 0.4) is 0 Å². The first-order chi connectivity index (χ1) is 12.5. The highest BCUT2D eigenvalue weighted by Crippen LogP contribution is 2.33. The molecule has 0 bridgehead atoms. The van der Waals surface area contributed by atoms with Crippen molar-refractivity contribution in [1.82, 2.24) is 9.97 Å². The van der Waals surface area contributed by atoms with Gasteiger partial charge in [-0.05, 0) is 68.7 Å². The van der Waals surface area contributed by atoms with E-state index in [-0.39, 0.29) is 0 Å². The molecule has 134 valence electrons. The van der Waals surface area contributed by atoms with Gasteiger partial charge in [0.25, 0.3) is 0 Å². The Hall–Kier alpha value is -3.08. The van der Waals surface area contributed by atoms with Crippen molar-refractivity contribution in [1.29, 1.82) is 0 Å². The van der Waals surface area contributed by atoms with Crippen LogP contribution in [0.5, 0.6) is 0 Å². The molecule has 0 fully saturated rings. The van der Waals surface area contributed by atoms with Crippen molar-refractivity contribution in [2.24, 2.45) is 0 Å². The van der Waals surface area contributed by atoms with Crippen molar-refractivity contribution in [2.75, 3.05) is 22.5 Å². The lowest BCUT2D eigenvalue weighted by atomic mass is 10.1. The number of rotatable bonds is 5. The average molecular weight is 347 g/mol. The summed E-state index contributed by atoms with van der Waals surface area (Å²) in [6.07, 6.45) is 1.55. The molecule has 0 radical (unpaired) electrons. The fourth-order valence-corrected chi connectivity index (χ4v) is 2.91. The topological polar surface area (TPSA) is 67.1 Å². The predicted octanol–water partition coefficient (Wildman–Crippen LogP) is 4.89. The Morgan fingerprint density at radius 1 is 1.00 bits per heavy atom. The van der Waals surface area contributed by atoms with E-state index in [1.807, 2.05) is 12.1 Å². The van der Waals surface area contributed by atoms with Gasteiger partial charge in [-0.3, -0.25) is 0 Å². The molecule has 0 aliphatic carbocycles. The van der Waals surface area contributed by atoms with E-state index < -0.39 is 0 Å². The molecule has 0 aliphatic rings. The minimum absolute atomic E-state index is 0.536. The lowest BCUT2D eigenvalue weighted by molar-refractivity contribution is 0.979. The third-order valence-corrected chi connectivity index (χ3v) is 4.52. The quantitative estimate of drug-likeness (QED) is 0.688. The second-order valence-electron chi connectivity index (χ2n) is 6.47. The Morgan fingerprint density at radius 2 is 1.81 bits per heavy atom. The molecule has 0 saturated carbocycles. The average Bonchev–Trinajstić information content (AvgIpc) is 2.62. The minimum atomic E-state index is 0.536. The highest BCUT2D eigenvalue weighted by Gasteiger charge is 2.16. The molecule has 1 aromatic heterocycles. The van der Waals surface area contributed by atoms with E-state index in [0.717, 1.165) is 17.9 Å². The predicted molar refractivity (Wildman–Crippen MR) is 110 cm³/mol. The Bertz CT molecular complexity index is 920. The van der Waals surface area contributed by atoms with Crippen molar-refractivity contribution < 1.29 is 0 Å². The molecule has 0 aliphatic heterocycles. The zero-order chi connectivity index (χ0) is 18.7. The van der Waals surface area contributed by atoms with Crippen molar-refractivity contribution in [2.45, 2.75) is 27.7 Å². The molecule has 3 aromatic rings. The normalized spacial score (nSPS) is 10.6. The number of aromatic nitrogens is 2. The minimum Gasteiger partial charge on any atom is -0.393 e. The second kappa shape index (κ2) is 7.44. The molecule has 3 rings (SSSR count). The zero-order valence-electron chi connectivity index (χ0n) is 15.7. The van der Waals surface area contributed by atoms with Crippen molar-refractivity contribution in [3.05, 3.63) is 65.5 Å². The zero-order valence-corrected chi connectivity index (χ0v) is 15.7. The highest BCUT2D eigenvalue weighted by molar-refractivity contribution is 5.81. The summed E-state index contributed by atoms with van der Waals surface area (Å²) < 4.78 is 0. The van der Waals surface area contributed by atoms with Gasteiger partial charge in [-0.2, -0.15) is 0 Å². The first kappa shape index (κ1) is 17.7. The molecule has 0 spiro atoms. The molecule has 1 heterocycles. The van der Waals surface area contributed by atoms with Crippen LogP contribution in [-0.2, 0) is 0 Å². The molecule has 0 unspecified atom stereocenters. The molecule has 0 atom stereocenters. The summed E-state index contributed by atoms with van der Waals surface area (Å²) in [6.45, 7) is 9.10. The van der Waals surface area contributed by atoms with Gasteiger partial charge in [-0.25, -0.2) is 9.97 Å². The molecule has 0 saturated heterocycles. The van der Waals surface area contributed by atoms with E-state index in [2.05, 4.69) is 78.2 Å². The van der Waals surface area contributed by atoms with Gasteiger partial charge < -0.3 is 16.0 Å². The third-order valence-electron chi connectivity index (χ3n) is 4.52. The van der Waals surface area contributed by atoms with Crippen LogP contribution < -0.4 is 16.0 Å². The van der Waals surface area contributed by atoms with Gasteiger partial charge in [0.05, 0.1) is 0 Å². The first-order valence-electron chi connectivity index (χ1n) is 8.78. The molecule has 3 N–H and O–H groups in total. The fourth-order valence-electron chi connectivity index (χ4n) is 2.91. The van der Waals surface area contributed by atoms with Gasteiger partial charge in [0.1, 0.15) is 12.0 Å². The summed E-state index contributed by atoms with van der Waals surface area (Å²) in [6, 6.07) is 14.5. The lowest BCUT2D eigenvalue weighted by Gasteiger charge is -2.24. The number of nitrogens with one attached hydrogen (secondary N) is 1. The van der Waals surface area contributed by atoms with Crippen LogP contribution >= 0.6 is 0 Å². The van der Waals surface area contributed by atoms with Crippen molar-refractivity contribution in [3.63, 3.8) is 0 Å². The highest BCUT2D eigenvalue weighted by atomic mass is 15.2. The van der Waals surface area contributed by atoms with Gasteiger partial charge in [-0.15, -0.1) is 0 Å². The van der Waals surface area contributed by atoms with Crippen molar-refractivity contribution >= 4 is 28.7 Å². The number of nitrogen functional groups attached to an aromatic ring is 1. The first-order valence-corrected chi connectivity index (χ1v) is 8.78. The molecular formula is C21H25N5. The molecule has 2 aromatic carbocycles. The largest absolute Gasteiger partial charge is 0.393 e. The maximum atomic E-state index is 6.42. The number of anilines is 5. The van der Waals surface area contributed by atoms with Crippen LogP contribution in [0.15, 0.2) is 48.8 Å². The van der Waals surface area contributed by atoms with Crippen LogP contribution in [-0.4, -0.2) is 16.5 Å². The van der Waals surface area contributed by atoms with Crippen LogP contribution in [0.2, 0.25) is 0 Å². The second-order valence-corrected chi connectivity index (χ2v) is 6.47. The molecule has 5 heteroatoms. The SMILES string of the molecule is CCN(c1cccc(C)c1)c1ncnc(Nc2ccc(C)c(C)c2)c1N. The van der Waals surface area contributed by atoms with Gasteiger partial charge in [0.2, 0.25) is 0 Å². The molecule has 0 amide bonds. The van der Waals surface area contributed by atoms with Crippen LogP contribution in [0, 0.1) is 20.8 Å². The summed E-state index contributed by atoms with van der Waals surface area (Å²) >= 11 is 0. The van der Waals surface area contributed by atoms with E-state index >= 15 is 0 Å². The van der Waals surface area contributed by atoms with E-state index in [1.54, 1.807) is 6.33 Å². The van der Waals surface area contributed by atoms with E-state index in [9.17, 15) is 0 Å². The van der Waals surface area contributed by atoms with Gasteiger partial charge in [0, 0.05) is 17.9 Å². The third kappa shape index (κ3) is 3.61. The molecular weight excluding hydrogens is 322 g/mol. The monoisotopic (exact) mass is 347 g/mol. The summed E-state index contributed by atoms with van der Waals surface area (Å²) in [5.74, 6) is 1.32. The summed E-state index contributed by atoms with van der Waals surface area (Å²) in [5, 5.41) is 3.32. The van der Waals surface area contributed by atoms with Crippen LogP contribution in [0.25, 0.3) is 0 Å². The van der Waals surface area contributed by atoms with Gasteiger partial charge in [-0.1, -0.05) is 18.2 Å². The van der Waals surface area contributed by atoms with E-state index in [1.165, 1.54) is 16.7 Å². The standard InChI is InChI=1S/C21H25N5/c1-5-26(18-8-6-7-14(2)11-18)21-19(22)20(23-13-24-21)25-17-10-9-15(3)16(4)12-17/h6-13H,5,22H2,1-4H3,(H,23,24,25). The van der Waals surface area contributed by atoms with E-state index in [4.69, 9.17) is 5.73 Å². The number of benzene rings is 2. The van der Waals surface area contributed by atoms with Gasteiger partial charge >= 0.3 is 0 Å². The number of nitrogens with two attached hydrogens (primary N) is 1. The summed E-state index contributed by atoms with van der Waals surface area (Å²) in [5.41, 5.74) is 12.7. The lowest BCUT2D eigenvalue weighted by Crippen LogP contribution is -2.20. The Balaban J connectivity index is 1.96. The number of hydrogen-bond donors (Lipinski definition) is 2.